The van der Waals surface area contributed by atoms with Gasteiger partial charge in [-0.25, -0.2) is 8.78 Å². The molecule has 1 fully saturated rings. The lowest BCUT2D eigenvalue weighted by molar-refractivity contribution is 0.0705. The first-order chi connectivity index (χ1) is 11.6. The van der Waals surface area contributed by atoms with Crippen LogP contribution in [0.3, 0.4) is 0 Å². The number of carbonyl (C=O) groups is 1. The summed E-state index contributed by atoms with van der Waals surface area (Å²) in [7, 11) is 0. The summed E-state index contributed by atoms with van der Waals surface area (Å²) >= 11 is 0. The molecule has 2 aromatic rings. The number of fused-ring (bicyclic) bond motifs is 1. The van der Waals surface area contributed by atoms with E-state index in [-0.39, 0.29) is 17.4 Å². The molecule has 2 aliphatic rings. The van der Waals surface area contributed by atoms with E-state index in [9.17, 15) is 13.6 Å². The number of benzene rings is 1. The van der Waals surface area contributed by atoms with Crippen molar-refractivity contribution in [1.82, 2.24) is 19.7 Å². The van der Waals surface area contributed by atoms with Gasteiger partial charge in [-0.3, -0.25) is 4.79 Å². The maximum atomic E-state index is 13.8. The van der Waals surface area contributed by atoms with Gasteiger partial charge in [0.15, 0.2) is 0 Å². The number of carbonyl (C=O) groups excluding carboxylic acids is 1. The molecule has 126 valence electrons. The van der Waals surface area contributed by atoms with Gasteiger partial charge in [0.2, 0.25) is 0 Å². The Balaban J connectivity index is 1.45. The molecule has 1 aromatic carbocycles. The van der Waals surface area contributed by atoms with Crippen LogP contribution >= 0.6 is 0 Å². The molecule has 0 radical (unpaired) electrons. The van der Waals surface area contributed by atoms with E-state index >= 15 is 0 Å². The number of rotatable bonds is 2. The molecule has 0 saturated carbocycles. The van der Waals surface area contributed by atoms with E-state index in [0.717, 1.165) is 56.0 Å². The van der Waals surface area contributed by atoms with Gasteiger partial charge >= 0.3 is 0 Å². The minimum absolute atomic E-state index is 0.0711. The molecule has 0 atom stereocenters. The number of aryl methyl sites for hydroxylation is 1. The summed E-state index contributed by atoms with van der Waals surface area (Å²) in [6, 6.07) is 3.08. The number of likely N-dealkylation sites (tertiary alicyclic amines) is 1. The first-order valence-corrected chi connectivity index (χ1v) is 8.30. The predicted molar refractivity (Wildman–Crippen MR) is 82.6 cm³/mol. The van der Waals surface area contributed by atoms with Crippen LogP contribution in [-0.4, -0.2) is 38.7 Å². The van der Waals surface area contributed by atoms with Gasteiger partial charge < -0.3 is 9.47 Å². The highest BCUT2D eigenvalue weighted by atomic mass is 19.1. The Kier molecular flexibility index (Phi) is 3.78. The molecule has 5 nitrogen and oxygen atoms in total. The maximum Gasteiger partial charge on any atom is 0.256 e. The number of hydrogen-bond donors (Lipinski definition) is 0. The van der Waals surface area contributed by atoms with Gasteiger partial charge in [0, 0.05) is 38.0 Å². The maximum absolute atomic E-state index is 13.8. The molecule has 0 spiro atoms. The largest absolute Gasteiger partial charge is 0.339 e. The molecule has 1 aromatic heterocycles. The molecule has 1 amide bonds. The predicted octanol–water partition coefficient (Wildman–Crippen LogP) is 2.52. The first kappa shape index (κ1) is 15.2. The molecule has 1 saturated heterocycles. The second-order valence-corrected chi connectivity index (χ2v) is 6.42. The molecule has 3 heterocycles. The normalized spacial score (nSPS) is 18.0. The van der Waals surface area contributed by atoms with Gasteiger partial charge in [0.25, 0.3) is 5.91 Å². The first-order valence-electron chi connectivity index (χ1n) is 8.30. The summed E-state index contributed by atoms with van der Waals surface area (Å²) in [4.78, 5) is 14.1. The SMILES string of the molecule is O=C(c1ccc(F)cc1F)N1CCC(c2nnc3n2CCC3)CC1. The van der Waals surface area contributed by atoms with E-state index in [0.29, 0.717) is 13.1 Å². The standard InChI is InChI=1S/C17H18F2N4O/c18-12-3-4-13(14(19)10-12)17(24)22-8-5-11(6-9-22)16-21-20-15-2-1-7-23(15)16/h3-4,10-11H,1-2,5-9H2. The summed E-state index contributed by atoms with van der Waals surface area (Å²) in [6.45, 7) is 2.06. The highest BCUT2D eigenvalue weighted by Crippen LogP contribution is 2.30. The molecule has 0 bridgehead atoms. The lowest BCUT2D eigenvalue weighted by atomic mass is 9.95. The van der Waals surface area contributed by atoms with Gasteiger partial charge in [0.1, 0.15) is 23.3 Å². The zero-order valence-corrected chi connectivity index (χ0v) is 13.2. The van der Waals surface area contributed by atoms with Crippen LogP contribution in [0.25, 0.3) is 0 Å². The number of hydrogen-bond acceptors (Lipinski definition) is 3. The third-order valence-corrected chi connectivity index (χ3v) is 4.95. The van der Waals surface area contributed by atoms with Crippen LogP contribution in [0.15, 0.2) is 18.2 Å². The van der Waals surface area contributed by atoms with Crippen LogP contribution < -0.4 is 0 Å². The molecule has 0 aliphatic carbocycles. The van der Waals surface area contributed by atoms with Crippen molar-refractivity contribution in [2.75, 3.05) is 13.1 Å². The van der Waals surface area contributed by atoms with Gasteiger partial charge in [-0.15, -0.1) is 10.2 Å². The molecular formula is C17H18F2N4O. The second-order valence-electron chi connectivity index (χ2n) is 6.42. The van der Waals surface area contributed by atoms with Crippen molar-refractivity contribution >= 4 is 5.91 Å². The number of halogens is 2. The van der Waals surface area contributed by atoms with Crippen molar-refractivity contribution in [1.29, 1.82) is 0 Å². The minimum Gasteiger partial charge on any atom is -0.339 e. The van der Waals surface area contributed by atoms with Gasteiger partial charge in [-0.05, 0) is 31.4 Å². The third kappa shape index (κ3) is 2.57. The zero-order valence-electron chi connectivity index (χ0n) is 13.2. The van der Waals surface area contributed by atoms with Crippen LogP contribution in [0.1, 0.15) is 47.2 Å². The fraction of sp³-hybridized carbons (Fsp3) is 0.471. The number of nitrogens with zero attached hydrogens (tertiary/aromatic N) is 4. The molecule has 0 unspecified atom stereocenters. The highest BCUT2D eigenvalue weighted by Gasteiger charge is 2.30. The smallest absolute Gasteiger partial charge is 0.256 e. The van der Waals surface area contributed by atoms with Crippen molar-refractivity contribution in [2.24, 2.45) is 0 Å². The number of amides is 1. The van der Waals surface area contributed by atoms with E-state index in [1.807, 2.05) is 0 Å². The molecule has 0 N–H and O–H groups in total. The highest BCUT2D eigenvalue weighted by molar-refractivity contribution is 5.94. The Hall–Kier alpha value is -2.31. The molecule has 2 aliphatic heterocycles. The van der Waals surface area contributed by atoms with E-state index in [1.165, 1.54) is 6.07 Å². The monoisotopic (exact) mass is 332 g/mol. The van der Waals surface area contributed by atoms with Crippen molar-refractivity contribution in [2.45, 2.75) is 38.1 Å². The van der Waals surface area contributed by atoms with E-state index in [4.69, 9.17) is 0 Å². The van der Waals surface area contributed by atoms with Crippen LogP contribution in [0.5, 0.6) is 0 Å². The average Bonchev–Trinajstić information content (AvgIpc) is 3.18. The van der Waals surface area contributed by atoms with Crippen LogP contribution in [0, 0.1) is 11.6 Å². The lowest BCUT2D eigenvalue weighted by Crippen LogP contribution is -2.38. The summed E-state index contributed by atoms with van der Waals surface area (Å²) in [5.41, 5.74) is -0.0711. The van der Waals surface area contributed by atoms with Crippen molar-refractivity contribution < 1.29 is 13.6 Å². The van der Waals surface area contributed by atoms with Crippen LogP contribution in [0.2, 0.25) is 0 Å². The van der Waals surface area contributed by atoms with E-state index < -0.39 is 11.6 Å². The quantitative estimate of drug-likeness (QED) is 0.849. The fourth-order valence-corrected chi connectivity index (χ4v) is 3.65. The van der Waals surface area contributed by atoms with Gasteiger partial charge in [-0.2, -0.15) is 0 Å². The second kappa shape index (κ2) is 5.96. The van der Waals surface area contributed by atoms with E-state index in [1.54, 1.807) is 4.90 Å². The van der Waals surface area contributed by atoms with Gasteiger partial charge in [0.05, 0.1) is 5.56 Å². The summed E-state index contributed by atoms with van der Waals surface area (Å²) in [5.74, 6) is 0.490. The van der Waals surface area contributed by atoms with Crippen molar-refractivity contribution in [3.8, 4) is 0 Å². The summed E-state index contributed by atoms with van der Waals surface area (Å²) < 4.78 is 29.0. The molecule has 7 heteroatoms. The lowest BCUT2D eigenvalue weighted by Gasteiger charge is -2.31. The van der Waals surface area contributed by atoms with Gasteiger partial charge in [-0.1, -0.05) is 0 Å². The Morgan fingerprint density at radius 1 is 1.12 bits per heavy atom. The average molecular weight is 332 g/mol. The van der Waals surface area contributed by atoms with Crippen molar-refractivity contribution in [3.05, 3.63) is 47.0 Å². The summed E-state index contributed by atoms with van der Waals surface area (Å²) in [6.07, 6.45) is 3.66. The minimum atomic E-state index is -0.808. The zero-order chi connectivity index (χ0) is 16.7. The van der Waals surface area contributed by atoms with Crippen LogP contribution in [-0.2, 0) is 13.0 Å². The number of aromatic nitrogens is 3. The molecule has 4 rings (SSSR count). The Morgan fingerprint density at radius 3 is 2.67 bits per heavy atom. The Bertz CT molecular complexity index is 781. The van der Waals surface area contributed by atoms with E-state index in [2.05, 4.69) is 14.8 Å². The molecular weight excluding hydrogens is 314 g/mol. The Morgan fingerprint density at radius 2 is 1.92 bits per heavy atom. The van der Waals surface area contributed by atoms with Crippen LogP contribution in [0.4, 0.5) is 8.78 Å². The topological polar surface area (TPSA) is 51.0 Å². The number of piperidine rings is 1. The fourth-order valence-electron chi connectivity index (χ4n) is 3.65. The molecule has 24 heavy (non-hydrogen) atoms. The third-order valence-electron chi connectivity index (χ3n) is 4.95. The van der Waals surface area contributed by atoms with Crippen molar-refractivity contribution in [3.63, 3.8) is 0 Å². The Labute approximate surface area is 138 Å². The summed E-state index contributed by atoms with van der Waals surface area (Å²) in [5, 5.41) is 8.56.